The van der Waals surface area contributed by atoms with E-state index in [0.717, 1.165) is 16.0 Å². The largest absolute Gasteiger partial charge is 0.325 e. The van der Waals surface area contributed by atoms with Crippen LogP contribution in [0.5, 0.6) is 0 Å². The van der Waals surface area contributed by atoms with Crippen LogP contribution in [0.4, 0.5) is 0 Å². The predicted octanol–water partition coefficient (Wildman–Crippen LogP) is 3.26. The van der Waals surface area contributed by atoms with Gasteiger partial charge >= 0.3 is 0 Å². The summed E-state index contributed by atoms with van der Waals surface area (Å²) in [6, 6.07) is 17.3. The Morgan fingerprint density at radius 3 is 2.35 bits per heavy atom. The highest BCUT2D eigenvalue weighted by Gasteiger charge is 2.18. The van der Waals surface area contributed by atoms with Crippen molar-refractivity contribution >= 4 is 11.8 Å². The van der Waals surface area contributed by atoms with E-state index < -0.39 is 5.56 Å². The highest BCUT2D eigenvalue weighted by atomic mass is 32.2. The van der Waals surface area contributed by atoms with Gasteiger partial charge in [-0.15, -0.1) is 11.8 Å². The van der Waals surface area contributed by atoms with E-state index in [1.54, 1.807) is 11.8 Å². The van der Waals surface area contributed by atoms with Crippen molar-refractivity contribution < 1.29 is 0 Å². The van der Waals surface area contributed by atoms with Gasteiger partial charge in [-0.25, -0.2) is 4.98 Å². The molecule has 0 amide bonds. The zero-order chi connectivity index (χ0) is 18.7. The summed E-state index contributed by atoms with van der Waals surface area (Å²) in [7, 11) is 0. The molecule has 6 heteroatoms. The standard InChI is InChI=1S/C20H18N4OS/c1-13-3-7-15(8-4-13)24-19(14-5-9-16(26-2)10-6-14)23-18(12-22)17(11-21)20(24)25/h3-10H,12,22H2,1-2H3. The van der Waals surface area contributed by atoms with Crippen molar-refractivity contribution in [2.45, 2.75) is 18.4 Å². The minimum atomic E-state index is -0.407. The second-order valence-corrected chi connectivity index (χ2v) is 6.66. The van der Waals surface area contributed by atoms with Crippen LogP contribution in [0, 0.1) is 18.3 Å². The molecule has 0 aliphatic carbocycles. The van der Waals surface area contributed by atoms with Gasteiger partial charge in [0.1, 0.15) is 17.5 Å². The average molecular weight is 362 g/mol. The van der Waals surface area contributed by atoms with Crippen molar-refractivity contribution in [1.82, 2.24) is 9.55 Å². The lowest BCUT2D eigenvalue weighted by atomic mass is 10.1. The summed E-state index contributed by atoms with van der Waals surface area (Å²) in [6.07, 6.45) is 2.00. The van der Waals surface area contributed by atoms with Crippen molar-refractivity contribution in [2.24, 2.45) is 5.73 Å². The van der Waals surface area contributed by atoms with Crippen LogP contribution < -0.4 is 11.3 Å². The molecule has 0 bridgehead atoms. The molecule has 0 saturated heterocycles. The highest BCUT2D eigenvalue weighted by molar-refractivity contribution is 7.98. The van der Waals surface area contributed by atoms with Gasteiger partial charge in [-0.1, -0.05) is 29.8 Å². The first-order valence-electron chi connectivity index (χ1n) is 8.06. The van der Waals surface area contributed by atoms with E-state index in [1.165, 1.54) is 4.57 Å². The van der Waals surface area contributed by atoms with Crippen molar-refractivity contribution in [1.29, 1.82) is 5.26 Å². The lowest BCUT2D eigenvalue weighted by molar-refractivity contribution is 0.878. The molecule has 0 atom stereocenters. The molecule has 0 aliphatic heterocycles. The van der Waals surface area contributed by atoms with E-state index in [2.05, 4.69) is 4.98 Å². The van der Waals surface area contributed by atoms with Gasteiger partial charge < -0.3 is 5.73 Å². The maximum absolute atomic E-state index is 13.0. The second-order valence-electron chi connectivity index (χ2n) is 5.78. The molecule has 0 unspecified atom stereocenters. The molecule has 2 N–H and O–H groups in total. The lowest BCUT2D eigenvalue weighted by Crippen LogP contribution is -2.27. The second kappa shape index (κ2) is 7.56. The third-order valence-electron chi connectivity index (χ3n) is 4.10. The van der Waals surface area contributed by atoms with E-state index in [-0.39, 0.29) is 12.1 Å². The van der Waals surface area contributed by atoms with Crippen LogP contribution >= 0.6 is 11.8 Å². The summed E-state index contributed by atoms with van der Waals surface area (Å²) >= 11 is 1.64. The van der Waals surface area contributed by atoms with Crippen molar-refractivity contribution in [3.05, 3.63) is 75.7 Å². The number of aryl methyl sites for hydroxylation is 1. The number of nitrogens with zero attached hydrogens (tertiary/aromatic N) is 3. The molecule has 26 heavy (non-hydrogen) atoms. The number of nitriles is 1. The monoisotopic (exact) mass is 362 g/mol. The lowest BCUT2D eigenvalue weighted by Gasteiger charge is -2.15. The summed E-state index contributed by atoms with van der Waals surface area (Å²) in [5, 5.41) is 9.41. The van der Waals surface area contributed by atoms with E-state index in [0.29, 0.717) is 17.2 Å². The predicted molar refractivity (Wildman–Crippen MR) is 104 cm³/mol. The Hall–Kier alpha value is -2.88. The molecular weight excluding hydrogens is 344 g/mol. The fourth-order valence-corrected chi connectivity index (χ4v) is 3.10. The zero-order valence-electron chi connectivity index (χ0n) is 14.6. The Morgan fingerprint density at radius 1 is 1.15 bits per heavy atom. The SMILES string of the molecule is CSc1ccc(-c2nc(CN)c(C#N)c(=O)n2-c2ccc(C)cc2)cc1. The maximum Gasteiger partial charge on any atom is 0.276 e. The number of nitrogens with two attached hydrogens (primary N) is 1. The molecule has 0 saturated carbocycles. The van der Waals surface area contributed by atoms with Gasteiger partial charge in [0.2, 0.25) is 0 Å². The fraction of sp³-hybridized carbons (Fsp3) is 0.150. The third-order valence-corrected chi connectivity index (χ3v) is 4.85. The molecule has 130 valence electrons. The van der Waals surface area contributed by atoms with E-state index >= 15 is 0 Å². The van der Waals surface area contributed by atoms with Crippen molar-refractivity contribution in [2.75, 3.05) is 6.26 Å². The van der Waals surface area contributed by atoms with Gasteiger partial charge in [-0.3, -0.25) is 9.36 Å². The molecular formula is C20H18N4OS. The third kappa shape index (κ3) is 3.27. The van der Waals surface area contributed by atoms with Crippen LogP contribution in [0.3, 0.4) is 0 Å². The van der Waals surface area contributed by atoms with Gasteiger partial charge in [-0.2, -0.15) is 5.26 Å². The molecule has 0 aliphatic rings. The first-order chi connectivity index (χ1) is 12.6. The molecule has 2 aromatic carbocycles. The number of hydrogen-bond donors (Lipinski definition) is 1. The smallest absolute Gasteiger partial charge is 0.276 e. The summed E-state index contributed by atoms with van der Waals surface area (Å²) in [4.78, 5) is 18.7. The van der Waals surface area contributed by atoms with Crippen LogP contribution in [0.2, 0.25) is 0 Å². The molecule has 0 spiro atoms. The van der Waals surface area contributed by atoms with Gasteiger partial charge in [0.25, 0.3) is 5.56 Å². The van der Waals surface area contributed by atoms with Crippen LogP contribution in [0.1, 0.15) is 16.8 Å². The number of rotatable bonds is 4. The number of thioether (sulfide) groups is 1. The van der Waals surface area contributed by atoms with Crippen LogP contribution in [-0.2, 0) is 6.54 Å². The maximum atomic E-state index is 13.0. The number of hydrogen-bond acceptors (Lipinski definition) is 5. The molecule has 0 fully saturated rings. The van der Waals surface area contributed by atoms with E-state index in [4.69, 9.17) is 5.73 Å². The van der Waals surface area contributed by atoms with Crippen LogP contribution in [0.25, 0.3) is 17.1 Å². The van der Waals surface area contributed by atoms with Gasteiger partial charge in [0.15, 0.2) is 0 Å². The normalized spacial score (nSPS) is 10.5. The quantitative estimate of drug-likeness (QED) is 0.720. The number of benzene rings is 2. The summed E-state index contributed by atoms with van der Waals surface area (Å²) in [6.45, 7) is 2.01. The fourth-order valence-electron chi connectivity index (χ4n) is 2.69. The Bertz CT molecular complexity index is 1030. The van der Waals surface area contributed by atoms with Crippen LogP contribution in [-0.4, -0.2) is 15.8 Å². The molecule has 3 rings (SSSR count). The topological polar surface area (TPSA) is 84.7 Å². The Kier molecular flexibility index (Phi) is 5.21. The molecule has 1 heterocycles. The average Bonchev–Trinajstić information content (AvgIpc) is 2.68. The first kappa shape index (κ1) is 17.9. The molecule has 1 aromatic heterocycles. The molecule has 0 radical (unpaired) electrons. The Balaban J connectivity index is 2.33. The molecule has 3 aromatic rings. The minimum Gasteiger partial charge on any atom is -0.325 e. The molecule has 5 nitrogen and oxygen atoms in total. The summed E-state index contributed by atoms with van der Waals surface area (Å²) < 4.78 is 1.48. The minimum absolute atomic E-state index is 0.0161. The van der Waals surface area contributed by atoms with E-state index in [9.17, 15) is 10.1 Å². The summed E-state index contributed by atoms with van der Waals surface area (Å²) in [5.74, 6) is 0.478. The van der Waals surface area contributed by atoms with Gasteiger partial charge in [-0.05, 0) is 37.4 Å². The number of aromatic nitrogens is 2. The highest BCUT2D eigenvalue weighted by Crippen LogP contribution is 2.24. The first-order valence-corrected chi connectivity index (χ1v) is 9.29. The van der Waals surface area contributed by atoms with Crippen molar-refractivity contribution in [3.8, 4) is 23.1 Å². The summed E-state index contributed by atoms with van der Waals surface area (Å²) in [5.41, 5.74) is 8.16. The Labute approximate surface area is 156 Å². The van der Waals surface area contributed by atoms with Gasteiger partial charge in [0.05, 0.1) is 11.4 Å². The Morgan fingerprint density at radius 2 is 1.81 bits per heavy atom. The van der Waals surface area contributed by atoms with Crippen molar-refractivity contribution in [3.63, 3.8) is 0 Å². The van der Waals surface area contributed by atoms with Crippen LogP contribution in [0.15, 0.2) is 58.2 Å². The zero-order valence-corrected chi connectivity index (χ0v) is 15.4. The van der Waals surface area contributed by atoms with E-state index in [1.807, 2.05) is 67.8 Å². The van der Waals surface area contributed by atoms with Gasteiger partial charge in [0, 0.05) is 17.0 Å².